The van der Waals surface area contributed by atoms with Crippen molar-refractivity contribution in [2.24, 2.45) is 17.3 Å². The normalized spacial score (nSPS) is 34.7. The maximum Gasteiger partial charge on any atom is 0.132 e. The highest BCUT2D eigenvalue weighted by Crippen LogP contribution is 2.43. The first kappa shape index (κ1) is 9.76. The molecule has 0 spiro atoms. The van der Waals surface area contributed by atoms with Crippen LogP contribution in [-0.4, -0.2) is 5.78 Å². The molecule has 1 aliphatic rings. The number of carbonyl (C=O) groups is 1. The van der Waals surface area contributed by atoms with Gasteiger partial charge in [0.15, 0.2) is 0 Å². The van der Waals surface area contributed by atoms with E-state index < -0.39 is 0 Å². The average Bonchev–Trinajstić information content (AvgIpc) is 1.94. The van der Waals surface area contributed by atoms with E-state index in [0.29, 0.717) is 17.1 Å². The Labute approximate surface area is 75.5 Å². The molecule has 70 valence electrons. The van der Waals surface area contributed by atoms with E-state index in [1.54, 1.807) is 6.92 Å². The van der Waals surface area contributed by atoms with Crippen molar-refractivity contribution in [3.05, 3.63) is 0 Å². The predicted molar refractivity (Wildman–Crippen MR) is 51.0 cm³/mol. The van der Waals surface area contributed by atoms with Gasteiger partial charge in [0, 0.05) is 5.92 Å². The number of hydrogen-bond acceptors (Lipinski definition) is 1. The van der Waals surface area contributed by atoms with Gasteiger partial charge in [-0.2, -0.15) is 0 Å². The molecule has 1 aliphatic carbocycles. The second-order valence-electron chi connectivity index (χ2n) is 4.98. The van der Waals surface area contributed by atoms with Crippen LogP contribution >= 0.6 is 0 Å². The zero-order valence-corrected chi connectivity index (χ0v) is 8.68. The Morgan fingerprint density at radius 1 is 1.33 bits per heavy atom. The lowest BCUT2D eigenvalue weighted by Gasteiger charge is -2.39. The lowest BCUT2D eigenvalue weighted by molar-refractivity contribution is -0.123. The number of rotatable bonds is 1. The highest BCUT2D eigenvalue weighted by atomic mass is 16.1. The molecule has 0 radical (unpaired) electrons. The van der Waals surface area contributed by atoms with Crippen molar-refractivity contribution in [1.82, 2.24) is 0 Å². The molecule has 0 aliphatic heterocycles. The van der Waals surface area contributed by atoms with Gasteiger partial charge in [-0.3, -0.25) is 4.79 Å². The van der Waals surface area contributed by atoms with E-state index in [0.717, 1.165) is 18.8 Å². The highest BCUT2D eigenvalue weighted by molar-refractivity contribution is 5.78. The lowest BCUT2D eigenvalue weighted by Crippen LogP contribution is -2.32. The summed E-state index contributed by atoms with van der Waals surface area (Å²) in [5.41, 5.74) is 0.370. The summed E-state index contributed by atoms with van der Waals surface area (Å²) < 4.78 is 0. The van der Waals surface area contributed by atoms with Gasteiger partial charge in [0.1, 0.15) is 5.78 Å². The molecule has 0 N–H and O–H groups in total. The van der Waals surface area contributed by atoms with Crippen molar-refractivity contribution in [2.75, 3.05) is 0 Å². The van der Waals surface area contributed by atoms with Crippen LogP contribution in [0.15, 0.2) is 0 Å². The van der Waals surface area contributed by atoms with Crippen molar-refractivity contribution < 1.29 is 4.79 Å². The Morgan fingerprint density at radius 2 is 1.92 bits per heavy atom. The summed E-state index contributed by atoms with van der Waals surface area (Å²) in [6.45, 7) is 8.60. The van der Waals surface area contributed by atoms with Gasteiger partial charge in [-0.15, -0.1) is 0 Å². The summed E-state index contributed by atoms with van der Waals surface area (Å²) in [6, 6.07) is 0. The molecule has 0 aromatic rings. The highest BCUT2D eigenvalue weighted by Gasteiger charge is 2.35. The van der Waals surface area contributed by atoms with Crippen molar-refractivity contribution in [2.45, 2.75) is 47.0 Å². The van der Waals surface area contributed by atoms with E-state index in [1.165, 1.54) is 6.42 Å². The summed E-state index contributed by atoms with van der Waals surface area (Å²) in [4.78, 5) is 11.2. The van der Waals surface area contributed by atoms with E-state index in [-0.39, 0.29) is 0 Å². The maximum absolute atomic E-state index is 11.2. The topological polar surface area (TPSA) is 17.1 Å². The largest absolute Gasteiger partial charge is 0.300 e. The lowest BCUT2D eigenvalue weighted by atomic mass is 9.65. The zero-order chi connectivity index (χ0) is 9.35. The SMILES string of the molecule is CC(=O)C1CCC(C)C(C)(C)C1. The molecule has 0 aromatic carbocycles. The molecule has 0 bridgehead atoms. The van der Waals surface area contributed by atoms with Crippen LogP contribution < -0.4 is 0 Å². The van der Waals surface area contributed by atoms with Gasteiger partial charge in [-0.25, -0.2) is 0 Å². The molecule has 0 saturated heterocycles. The van der Waals surface area contributed by atoms with Crippen molar-refractivity contribution in [3.8, 4) is 0 Å². The van der Waals surface area contributed by atoms with Gasteiger partial charge in [0.2, 0.25) is 0 Å². The Kier molecular flexibility index (Phi) is 2.60. The van der Waals surface area contributed by atoms with Gasteiger partial charge in [-0.05, 0) is 37.5 Å². The van der Waals surface area contributed by atoms with Gasteiger partial charge in [0.25, 0.3) is 0 Å². The van der Waals surface area contributed by atoms with Crippen molar-refractivity contribution in [1.29, 1.82) is 0 Å². The average molecular weight is 168 g/mol. The summed E-state index contributed by atoms with van der Waals surface area (Å²) >= 11 is 0. The van der Waals surface area contributed by atoms with Gasteiger partial charge in [0.05, 0.1) is 0 Å². The fourth-order valence-electron chi connectivity index (χ4n) is 2.13. The number of carbonyl (C=O) groups excluding carboxylic acids is 1. The fraction of sp³-hybridized carbons (Fsp3) is 0.909. The molecule has 0 amide bonds. The molecular formula is C11H20O. The van der Waals surface area contributed by atoms with Crippen LogP contribution in [0.3, 0.4) is 0 Å². The summed E-state index contributed by atoms with van der Waals surface area (Å²) in [5.74, 6) is 1.50. The fourth-order valence-corrected chi connectivity index (χ4v) is 2.13. The Hall–Kier alpha value is -0.330. The van der Waals surface area contributed by atoms with Crippen LogP contribution in [0.4, 0.5) is 0 Å². The molecule has 0 aromatic heterocycles. The Morgan fingerprint density at radius 3 is 2.33 bits per heavy atom. The van der Waals surface area contributed by atoms with E-state index in [2.05, 4.69) is 20.8 Å². The molecular weight excluding hydrogens is 148 g/mol. The van der Waals surface area contributed by atoms with Crippen LogP contribution in [0.5, 0.6) is 0 Å². The number of ketones is 1. The molecule has 2 atom stereocenters. The van der Waals surface area contributed by atoms with E-state index >= 15 is 0 Å². The van der Waals surface area contributed by atoms with Crippen LogP contribution in [-0.2, 0) is 4.79 Å². The maximum atomic E-state index is 11.2. The van der Waals surface area contributed by atoms with E-state index in [9.17, 15) is 4.79 Å². The van der Waals surface area contributed by atoms with Crippen LogP contribution in [0, 0.1) is 17.3 Å². The minimum atomic E-state index is 0.344. The van der Waals surface area contributed by atoms with Gasteiger partial charge in [-0.1, -0.05) is 20.8 Å². The van der Waals surface area contributed by atoms with Crippen LogP contribution in [0.1, 0.15) is 47.0 Å². The number of Topliss-reactive ketones (excluding diaryl/α,β-unsaturated/α-hetero) is 1. The second kappa shape index (κ2) is 3.20. The molecule has 1 rings (SSSR count). The van der Waals surface area contributed by atoms with Gasteiger partial charge >= 0.3 is 0 Å². The molecule has 1 heteroatoms. The van der Waals surface area contributed by atoms with Crippen LogP contribution in [0.25, 0.3) is 0 Å². The minimum absolute atomic E-state index is 0.344. The monoisotopic (exact) mass is 168 g/mol. The molecule has 1 nitrogen and oxygen atoms in total. The Balaban J connectivity index is 2.63. The molecule has 0 heterocycles. The van der Waals surface area contributed by atoms with Crippen molar-refractivity contribution >= 4 is 5.78 Å². The molecule has 12 heavy (non-hydrogen) atoms. The third kappa shape index (κ3) is 1.88. The quantitative estimate of drug-likeness (QED) is 0.588. The summed E-state index contributed by atoms with van der Waals surface area (Å²) in [6.07, 6.45) is 3.42. The molecule has 1 fully saturated rings. The summed E-state index contributed by atoms with van der Waals surface area (Å²) in [7, 11) is 0. The molecule has 2 unspecified atom stereocenters. The zero-order valence-electron chi connectivity index (χ0n) is 8.68. The number of hydrogen-bond donors (Lipinski definition) is 0. The van der Waals surface area contributed by atoms with E-state index in [1.807, 2.05) is 0 Å². The van der Waals surface area contributed by atoms with Crippen molar-refractivity contribution in [3.63, 3.8) is 0 Å². The summed E-state index contributed by atoms with van der Waals surface area (Å²) in [5, 5.41) is 0. The second-order valence-corrected chi connectivity index (χ2v) is 4.98. The minimum Gasteiger partial charge on any atom is -0.300 e. The third-order valence-corrected chi connectivity index (χ3v) is 3.63. The van der Waals surface area contributed by atoms with Gasteiger partial charge < -0.3 is 0 Å². The smallest absolute Gasteiger partial charge is 0.132 e. The predicted octanol–water partition coefficient (Wildman–Crippen LogP) is 3.04. The first-order chi connectivity index (χ1) is 5.43. The first-order valence-electron chi connectivity index (χ1n) is 4.94. The molecule has 1 saturated carbocycles. The van der Waals surface area contributed by atoms with Crippen LogP contribution in [0.2, 0.25) is 0 Å². The Bertz CT molecular complexity index is 181. The first-order valence-corrected chi connectivity index (χ1v) is 4.94. The standard InChI is InChI=1S/C11H20O/c1-8-5-6-10(9(2)12)7-11(8,3)4/h8,10H,5-7H2,1-4H3. The third-order valence-electron chi connectivity index (χ3n) is 3.63. The van der Waals surface area contributed by atoms with E-state index in [4.69, 9.17) is 0 Å².